The van der Waals surface area contributed by atoms with Crippen LogP contribution in [0.25, 0.3) is 0 Å². The predicted octanol–water partition coefficient (Wildman–Crippen LogP) is 0.376. The largest absolute Gasteiger partial charge is 0.335 e. The summed E-state index contributed by atoms with van der Waals surface area (Å²) in [7, 11) is -3.50. The van der Waals surface area contributed by atoms with Crippen molar-refractivity contribution >= 4 is 10.0 Å². The molecule has 0 atom stereocenters. The van der Waals surface area contributed by atoms with Gasteiger partial charge in [-0.3, -0.25) is 4.79 Å². The summed E-state index contributed by atoms with van der Waals surface area (Å²) in [5.74, 6) is 0.246. The second-order valence-electron chi connectivity index (χ2n) is 5.76. The lowest BCUT2D eigenvalue weighted by Gasteiger charge is -2.30. The van der Waals surface area contributed by atoms with Gasteiger partial charge in [0.1, 0.15) is 0 Å². The first-order valence-corrected chi connectivity index (χ1v) is 8.94. The average Bonchev–Trinajstić information content (AvgIpc) is 3.07. The third-order valence-corrected chi connectivity index (χ3v) is 5.92. The number of rotatable bonds is 4. The number of nitrogens with zero attached hydrogens (tertiary/aromatic N) is 4. The van der Waals surface area contributed by atoms with E-state index in [-0.39, 0.29) is 16.5 Å². The van der Waals surface area contributed by atoms with Crippen molar-refractivity contribution in [2.24, 2.45) is 5.92 Å². The summed E-state index contributed by atoms with van der Waals surface area (Å²) in [5, 5.41) is 4.35. The molecule has 0 aliphatic carbocycles. The summed E-state index contributed by atoms with van der Waals surface area (Å²) in [6.07, 6.45) is 4.08. The van der Waals surface area contributed by atoms with Gasteiger partial charge in [0.05, 0.1) is 18.2 Å². The summed E-state index contributed by atoms with van der Waals surface area (Å²) in [4.78, 5) is 18.2. The maximum atomic E-state index is 12.4. The molecule has 0 amide bonds. The van der Waals surface area contributed by atoms with Crippen LogP contribution < -0.4 is 5.56 Å². The topological polar surface area (TPSA) is 101 Å². The highest BCUT2D eigenvalue weighted by Gasteiger charge is 2.30. The van der Waals surface area contributed by atoms with Crippen LogP contribution in [0.15, 0.2) is 34.5 Å². The molecule has 2 aromatic rings. The van der Waals surface area contributed by atoms with E-state index in [4.69, 9.17) is 0 Å². The molecule has 2 aromatic heterocycles. The van der Waals surface area contributed by atoms with Gasteiger partial charge in [0.15, 0.2) is 5.03 Å². The van der Waals surface area contributed by atoms with E-state index in [1.54, 1.807) is 6.07 Å². The summed E-state index contributed by atoms with van der Waals surface area (Å²) in [6.45, 7) is 3.24. The number of H-pyrrole nitrogens is 1. The van der Waals surface area contributed by atoms with Crippen LogP contribution in [0.3, 0.4) is 0 Å². The lowest BCUT2D eigenvalue weighted by Crippen LogP contribution is -2.40. The standard InChI is InChI=1S/C14H19N5O3S/c1-11-2-3-14(20)19(17-11)9-12-4-6-18(7-5-12)23(21,22)13-8-15-10-16-13/h2-3,8,10,12H,4-7,9H2,1H3,(H,15,16). The van der Waals surface area contributed by atoms with Crippen molar-refractivity contribution in [2.75, 3.05) is 13.1 Å². The van der Waals surface area contributed by atoms with Gasteiger partial charge in [-0.2, -0.15) is 9.40 Å². The first kappa shape index (κ1) is 15.9. The number of aromatic amines is 1. The number of hydrogen-bond acceptors (Lipinski definition) is 5. The van der Waals surface area contributed by atoms with Gasteiger partial charge < -0.3 is 4.98 Å². The van der Waals surface area contributed by atoms with Crippen LogP contribution in [0.4, 0.5) is 0 Å². The van der Waals surface area contributed by atoms with Gasteiger partial charge in [-0.15, -0.1) is 0 Å². The van der Waals surface area contributed by atoms with Crippen molar-refractivity contribution in [3.05, 3.63) is 40.7 Å². The van der Waals surface area contributed by atoms with Crippen molar-refractivity contribution in [2.45, 2.75) is 31.3 Å². The second kappa shape index (κ2) is 6.25. The van der Waals surface area contributed by atoms with Gasteiger partial charge in [0.2, 0.25) is 0 Å². The summed E-state index contributed by atoms with van der Waals surface area (Å²) < 4.78 is 27.7. The fraction of sp³-hybridized carbons (Fsp3) is 0.500. The number of aromatic nitrogens is 4. The van der Waals surface area contributed by atoms with Gasteiger partial charge in [0.25, 0.3) is 15.6 Å². The minimum absolute atomic E-state index is 0.118. The van der Waals surface area contributed by atoms with Gasteiger partial charge in [-0.25, -0.2) is 18.1 Å². The lowest BCUT2D eigenvalue weighted by atomic mass is 9.98. The van der Waals surface area contributed by atoms with Crippen molar-refractivity contribution in [3.63, 3.8) is 0 Å². The van der Waals surface area contributed by atoms with Crippen LogP contribution in [0.2, 0.25) is 0 Å². The zero-order chi connectivity index (χ0) is 16.4. The molecule has 1 aliphatic heterocycles. The number of aryl methyl sites for hydroxylation is 1. The number of hydrogen-bond donors (Lipinski definition) is 1. The molecule has 1 aliphatic rings. The monoisotopic (exact) mass is 337 g/mol. The highest BCUT2D eigenvalue weighted by Crippen LogP contribution is 2.23. The smallest absolute Gasteiger partial charge is 0.266 e. The van der Waals surface area contributed by atoms with E-state index in [0.717, 1.165) is 5.69 Å². The molecule has 23 heavy (non-hydrogen) atoms. The Morgan fingerprint density at radius 3 is 2.70 bits per heavy atom. The van der Waals surface area contributed by atoms with Crippen LogP contribution >= 0.6 is 0 Å². The Balaban J connectivity index is 1.65. The van der Waals surface area contributed by atoms with Crippen LogP contribution in [-0.4, -0.2) is 45.6 Å². The Bertz CT molecular complexity index is 820. The number of piperidine rings is 1. The van der Waals surface area contributed by atoms with Gasteiger partial charge in [0, 0.05) is 25.7 Å². The van der Waals surface area contributed by atoms with Crippen LogP contribution in [0.1, 0.15) is 18.5 Å². The number of sulfonamides is 1. The Kier molecular flexibility index (Phi) is 4.31. The molecule has 1 fully saturated rings. The van der Waals surface area contributed by atoms with E-state index < -0.39 is 10.0 Å². The SMILES string of the molecule is Cc1ccc(=O)n(CC2CCN(S(=O)(=O)c3cnc[nH]3)CC2)n1. The molecule has 3 rings (SSSR count). The highest BCUT2D eigenvalue weighted by atomic mass is 32.2. The number of nitrogens with one attached hydrogen (secondary N) is 1. The summed E-state index contributed by atoms with van der Waals surface area (Å²) >= 11 is 0. The van der Waals surface area contributed by atoms with E-state index in [1.807, 2.05) is 6.92 Å². The molecule has 0 radical (unpaired) electrons. The Hall–Kier alpha value is -2.00. The van der Waals surface area contributed by atoms with Crippen molar-refractivity contribution in [3.8, 4) is 0 Å². The van der Waals surface area contributed by atoms with Crippen LogP contribution in [0.5, 0.6) is 0 Å². The second-order valence-corrected chi connectivity index (χ2v) is 7.66. The molecule has 124 valence electrons. The zero-order valence-corrected chi connectivity index (χ0v) is 13.7. The molecule has 1 N–H and O–H groups in total. The molecule has 0 aromatic carbocycles. The third-order valence-electron chi connectivity index (χ3n) is 4.10. The van der Waals surface area contributed by atoms with Crippen molar-refractivity contribution in [1.82, 2.24) is 24.1 Å². The van der Waals surface area contributed by atoms with E-state index in [9.17, 15) is 13.2 Å². The Morgan fingerprint density at radius 1 is 1.30 bits per heavy atom. The Morgan fingerprint density at radius 2 is 2.04 bits per heavy atom. The minimum atomic E-state index is -3.50. The molecule has 0 saturated carbocycles. The fourth-order valence-corrected chi connectivity index (χ4v) is 4.15. The lowest BCUT2D eigenvalue weighted by molar-refractivity contribution is 0.244. The minimum Gasteiger partial charge on any atom is -0.335 e. The van der Waals surface area contributed by atoms with Gasteiger partial charge in [-0.1, -0.05) is 0 Å². The molecular weight excluding hydrogens is 318 g/mol. The molecule has 1 saturated heterocycles. The normalized spacial score (nSPS) is 17.4. The predicted molar refractivity (Wildman–Crippen MR) is 83.3 cm³/mol. The maximum Gasteiger partial charge on any atom is 0.266 e. The van der Waals surface area contributed by atoms with Crippen LogP contribution in [0, 0.1) is 12.8 Å². The molecule has 0 bridgehead atoms. The third kappa shape index (κ3) is 3.35. The molecule has 0 unspecified atom stereocenters. The Labute approximate surface area is 134 Å². The molecule has 0 spiro atoms. The first-order chi connectivity index (χ1) is 11.0. The molecular formula is C14H19N5O3S. The molecule has 9 heteroatoms. The summed E-state index contributed by atoms with van der Waals surface area (Å²) in [6, 6.07) is 3.21. The first-order valence-electron chi connectivity index (χ1n) is 7.50. The molecule has 8 nitrogen and oxygen atoms in total. The van der Waals surface area contributed by atoms with Crippen molar-refractivity contribution in [1.29, 1.82) is 0 Å². The van der Waals surface area contributed by atoms with Crippen molar-refractivity contribution < 1.29 is 8.42 Å². The van der Waals surface area contributed by atoms with Gasteiger partial charge in [-0.05, 0) is 31.7 Å². The maximum absolute atomic E-state index is 12.4. The van der Waals surface area contributed by atoms with E-state index in [2.05, 4.69) is 15.1 Å². The summed E-state index contributed by atoms with van der Waals surface area (Å²) in [5.41, 5.74) is 0.673. The average molecular weight is 337 g/mol. The van der Waals surface area contributed by atoms with E-state index in [1.165, 1.54) is 27.6 Å². The van der Waals surface area contributed by atoms with Crippen LogP contribution in [-0.2, 0) is 16.6 Å². The highest BCUT2D eigenvalue weighted by molar-refractivity contribution is 7.89. The van der Waals surface area contributed by atoms with Gasteiger partial charge >= 0.3 is 0 Å². The number of imidazole rings is 1. The molecule has 3 heterocycles. The fourth-order valence-electron chi connectivity index (χ4n) is 2.78. The zero-order valence-electron chi connectivity index (χ0n) is 12.8. The van der Waals surface area contributed by atoms with E-state index >= 15 is 0 Å². The quantitative estimate of drug-likeness (QED) is 0.869. The van der Waals surface area contributed by atoms with E-state index in [0.29, 0.717) is 32.5 Å².